The number of aliphatic carboxylic acids is 3. The van der Waals surface area contributed by atoms with Crippen molar-refractivity contribution in [3.05, 3.63) is 0 Å². The topological polar surface area (TPSA) is 164 Å². The van der Waals surface area contributed by atoms with Gasteiger partial charge in [-0.2, -0.15) is 0 Å². The van der Waals surface area contributed by atoms with Crippen molar-refractivity contribution in [2.75, 3.05) is 6.54 Å². The first-order chi connectivity index (χ1) is 8.77. The van der Waals surface area contributed by atoms with E-state index in [2.05, 4.69) is 5.32 Å². The Morgan fingerprint density at radius 1 is 0.947 bits per heavy atom. The van der Waals surface area contributed by atoms with Crippen molar-refractivity contribution in [2.24, 2.45) is 0 Å². The molecule has 19 heavy (non-hydrogen) atoms. The number of aliphatic hydroxyl groups is 2. The van der Waals surface area contributed by atoms with Crippen molar-refractivity contribution < 1.29 is 39.9 Å². The molecule has 0 unspecified atom stereocenters. The molecule has 0 spiro atoms. The van der Waals surface area contributed by atoms with E-state index < -0.39 is 30.1 Å². The summed E-state index contributed by atoms with van der Waals surface area (Å²) in [5, 5.41) is 43.9. The fourth-order valence-corrected chi connectivity index (χ4v) is 1.33. The van der Waals surface area contributed by atoms with Crippen molar-refractivity contribution in [2.45, 2.75) is 37.5 Å². The number of nitrogens with one attached hydrogen (secondary N) is 1. The van der Waals surface area contributed by atoms with Gasteiger partial charge in [0.05, 0.1) is 0 Å². The first-order valence-electron chi connectivity index (χ1n) is 5.55. The SMILES string of the molecule is O=C(O)[C@@H](O)[C@H](O)C(=O)O.O=C(O)[C@@H]1CCCCN1. The maximum Gasteiger partial charge on any atom is 0.335 e. The minimum Gasteiger partial charge on any atom is -0.480 e. The minimum atomic E-state index is -2.27. The van der Waals surface area contributed by atoms with Crippen LogP contribution in [0.1, 0.15) is 19.3 Å². The van der Waals surface area contributed by atoms with Gasteiger partial charge in [0.25, 0.3) is 0 Å². The van der Waals surface area contributed by atoms with Crippen LogP contribution < -0.4 is 5.32 Å². The third-order valence-electron chi connectivity index (χ3n) is 2.41. The monoisotopic (exact) mass is 279 g/mol. The van der Waals surface area contributed by atoms with Crippen LogP contribution in [0.3, 0.4) is 0 Å². The standard InChI is InChI=1S/C6H11NO2.C4H6O6/c8-6(9)5-3-1-2-4-7-5;5-1(3(7)8)2(6)4(9)10/h5,7H,1-4H2,(H,8,9);1-2,5-6H,(H,7,8)(H,9,10)/t5-;1-,2-/m00/s1. The molecule has 1 aliphatic heterocycles. The number of carboxylic acid groups (broad SMARTS) is 3. The summed E-state index contributed by atoms with van der Waals surface area (Å²) in [6.07, 6.45) is -1.58. The molecule has 6 N–H and O–H groups in total. The average Bonchev–Trinajstić information content (AvgIpc) is 2.38. The van der Waals surface area contributed by atoms with Crippen LogP contribution in [-0.4, -0.2) is 68.2 Å². The van der Waals surface area contributed by atoms with Gasteiger partial charge in [-0.1, -0.05) is 6.42 Å². The quantitative estimate of drug-likeness (QED) is 0.344. The Kier molecular flexibility index (Phi) is 7.65. The van der Waals surface area contributed by atoms with Crippen LogP contribution in [0.15, 0.2) is 0 Å². The lowest BCUT2D eigenvalue weighted by Crippen LogP contribution is -2.40. The average molecular weight is 279 g/mol. The molecule has 9 heteroatoms. The number of carbonyl (C=O) groups is 3. The highest BCUT2D eigenvalue weighted by Crippen LogP contribution is 2.05. The summed E-state index contributed by atoms with van der Waals surface area (Å²) < 4.78 is 0. The maximum absolute atomic E-state index is 10.3. The molecule has 0 amide bonds. The van der Waals surface area contributed by atoms with E-state index in [1.807, 2.05) is 0 Å². The van der Waals surface area contributed by atoms with Crippen LogP contribution in [0.4, 0.5) is 0 Å². The summed E-state index contributed by atoms with van der Waals surface area (Å²) in [6, 6.07) is -0.279. The molecule has 1 aliphatic rings. The second-order valence-electron chi connectivity index (χ2n) is 3.91. The van der Waals surface area contributed by atoms with E-state index in [9.17, 15) is 14.4 Å². The lowest BCUT2D eigenvalue weighted by molar-refractivity contribution is -0.165. The van der Waals surface area contributed by atoms with Crippen LogP contribution in [0.5, 0.6) is 0 Å². The largest absolute Gasteiger partial charge is 0.480 e. The van der Waals surface area contributed by atoms with Crippen molar-refractivity contribution in [3.63, 3.8) is 0 Å². The summed E-state index contributed by atoms with van der Waals surface area (Å²) in [7, 11) is 0. The molecule has 0 bridgehead atoms. The first kappa shape index (κ1) is 17.3. The molecule has 0 aromatic heterocycles. The number of hydrogen-bond donors (Lipinski definition) is 6. The van der Waals surface area contributed by atoms with Crippen LogP contribution in [0.25, 0.3) is 0 Å². The van der Waals surface area contributed by atoms with Crippen molar-refractivity contribution >= 4 is 17.9 Å². The van der Waals surface area contributed by atoms with E-state index in [1.54, 1.807) is 0 Å². The molecular weight excluding hydrogens is 262 g/mol. The molecule has 110 valence electrons. The zero-order valence-corrected chi connectivity index (χ0v) is 10.0. The highest BCUT2D eigenvalue weighted by molar-refractivity contribution is 5.83. The Morgan fingerprint density at radius 2 is 1.42 bits per heavy atom. The van der Waals surface area contributed by atoms with Crippen molar-refractivity contribution in [1.29, 1.82) is 0 Å². The molecule has 0 aromatic rings. The number of aliphatic hydroxyl groups excluding tert-OH is 2. The van der Waals surface area contributed by atoms with E-state index in [1.165, 1.54) is 0 Å². The van der Waals surface area contributed by atoms with Gasteiger partial charge in [0.2, 0.25) is 0 Å². The van der Waals surface area contributed by atoms with Gasteiger partial charge in [0, 0.05) is 0 Å². The van der Waals surface area contributed by atoms with Crippen molar-refractivity contribution in [1.82, 2.24) is 5.32 Å². The summed E-state index contributed by atoms with van der Waals surface area (Å²) in [4.78, 5) is 29.8. The second kappa shape index (κ2) is 8.40. The summed E-state index contributed by atoms with van der Waals surface area (Å²) in [5.74, 6) is -4.25. The second-order valence-corrected chi connectivity index (χ2v) is 3.91. The third-order valence-corrected chi connectivity index (χ3v) is 2.41. The van der Waals surface area contributed by atoms with Gasteiger partial charge < -0.3 is 30.8 Å². The fraction of sp³-hybridized carbons (Fsp3) is 0.700. The summed E-state index contributed by atoms with van der Waals surface area (Å²) in [6.45, 7) is 0.858. The summed E-state index contributed by atoms with van der Waals surface area (Å²) in [5.41, 5.74) is 0. The molecule has 1 saturated heterocycles. The minimum absolute atomic E-state index is 0.279. The van der Waals surface area contributed by atoms with Gasteiger partial charge >= 0.3 is 17.9 Å². The van der Waals surface area contributed by atoms with E-state index in [4.69, 9.17) is 25.5 Å². The van der Waals surface area contributed by atoms with Crippen LogP contribution >= 0.6 is 0 Å². The fourth-order valence-electron chi connectivity index (χ4n) is 1.33. The molecule has 1 heterocycles. The normalized spacial score (nSPS) is 21.5. The van der Waals surface area contributed by atoms with Crippen molar-refractivity contribution in [3.8, 4) is 0 Å². The Hall–Kier alpha value is -1.71. The molecule has 0 aromatic carbocycles. The van der Waals surface area contributed by atoms with E-state index in [0.29, 0.717) is 0 Å². The lowest BCUT2D eigenvalue weighted by Gasteiger charge is -2.18. The highest BCUT2D eigenvalue weighted by Gasteiger charge is 2.29. The van der Waals surface area contributed by atoms with Gasteiger partial charge in [-0.3, -0.25) is 4.79 Å². The number of carboxylic acids is 3. The van der Waals surface area contributed by atoms with E-state index >= 15 is 0 Å². The highest BCUT2D eigenvalue weighted by atomic mass is 16.4. The lowest BCUT2D eigenvalue weighted by atomic mass is 10.1. The molecule has 1 fully saturated rings. The Labute approximate surface area is 108 Å². The predicted molar refractivity (Wildman–Crippen MR) is 60.6 cm³/mol. The molecule has 0 aliphatic carbocycles. The molecule has 3 atom stereocenters. The molecule has 9 nitrogen and oxygen atoms in total. The maximum atomic E-state index is 10.3. The van der Waals surface area contributed by atoms with Gasteiger partial charge in [-0.15, -0.1) is 0 Å². The van der Waals surface area contributed by atoms with Crippen LogP contribution in [0.2, 0.25) is 0 Å². The van der Waals surface area contributed by atoms with Gasteiger partial charge in [-0.05, 0) is 19.4 Å². The zero-order valence-electron chi connectivity index (χ0n) is 10.0. The molecule has 1 rings (SSSR count). The zero-order chi connectivity index (χ0) is 15.0. The van der Waals surface area contributed by atoms with Crippen LogP contribution in [-0.2, 0) is 14.4 Å². The van der Waals surface area contributed by atoms with E-state index in [0.717, 1.165) is 25.8 Å². The number of hydrogen-bond acceptors (Lipinski definition) is 6. The van der Waals surface area contributed by atoms with Gasteiger partial charge in [-0.25, -0.2) is 9.59 Å². The predicted octanol–water partition coefficient (Wildman–Crippen LogP) is -1.91. The van der Waals surface area contributed by atoms with Crippen LogP contribution in [0, 0.1) is 0 Å². The Morgan fingerprint density at radius 3 is 1.63 bits per heavy atom. The van der Waals surface area contributed by atoms with Gasteiger partial charge in [0.15, 0.2) is 12.2 Å². The first-order valence-corrected chi connectivity index (χ1v) is 5.55. The third kappa shape index (κ3) is 6.70. The molecule has 0 saturated carbocycles. The number of piperidine rings is 1. The Bertz CT molecular complexity index is 307. The number of rotatable bonds is 4. The summed E-state index contributed by atoms with van der Waals surface area (Å²) >= 11 is 0. The van der Waals surface area contributed by atoms with E-state index in [-0.39, 0.29) is 6.04 Å². The smallest absolute Gasteiger partial charge is 0.335 e. The van der Waals surface area contributed by atoms with Gasteiger partial charge in [0.1, 0.15) is 6.04 Å². The molecule has 0 radical (unpaired) electrons. The molecular formula is C10H17NO8. The Balaban J connectivity index is 0.000000342.